The molecule has 56 heavy (non-hydrogen) atoms. The molecule has 1 heterocycles. The van der Waals surface area contributed by atoms with E-state index in [2.05, 4.69) is 28.5 Å². The van der Waals surface area contributed by atoms with Crippen molar-refractivity contribution in [3.05, 3.63) is 126 Å². The molecule has 0 spiro atoms. The smallest absolute Gasteiger partial charge is 0.435 e. The van der Waals surface area contributed by atoms with E-state index in [4.69, 9.17) is 4.74 Å². The largest absolute Gasteiger partial charge is 0.507 e. The summed E-state index contributed by atoms with van der Waals surface area (Å²) in [6, 6.07) is 12.7. The number of sulfonamides is 1. The fourth-order valence-electron chi connectivity index (χ4n) is 4.81. The van der Waals surface area contributed by atoms with Gasteiger partial charge in [0.15, 0.2) is 5.69 Å². The highest BCUT2D eigenvalue weighted by molar-refractivity contribution is 7.94. The second-order valence-corrected chi connectivity index (χ2v) is 14.4. The number of phenolic OH excluding ortho intramolecular Hbond substituents is 1. The zero-order chi connectivity index (χ0) is 42.3. The average molecular weight is 798 g/mol. The highest BCUT2D eigenvalue weighted by atomic mass is 32.2. The fourth-order valence-corrected chi connectivity index (χ4v) is 5.90. The van der Waals surface area contributed by atoms with Gasteiger partial charge < -0.3 is 9.84 Å². The molecule has 0 bridgehead atoms. The Hall–Kier alpha value is -5.57. The van der Waals surface area contributed by atoms with Crippen LogP contribution < -0.4 is 4.72 Å². The SMILES string of the molecule is C=C/C(N=Nc1ccc(O)c(C(=O)OC(C)(C)CC)c1)=C(\C)CCC(=O)NS(=O)(=O)C1=CCC(n2nc(C(F)(F)F)cc2-c2ccccc2)C=C1.C=CC.CC. The molecule has 2 aromatic carbocycles. The number of carbonyl (C=O) groups is 2. The molecular weight excluding hydrogens is 748 g/mol. The Kier molecular flexibility index (Phi) is 17.4. The van der Waals surface area contributed by atoms with Gasteiger partial charge in [0.2, 0.25) is 5.91 Å². The minimum absolute atomic E-state index is 0.00965. The lowest BCUT2D eigenvalue weighted by Crippen LogP contribution is -2.31. The fraction of sp³-hybridized carbons (Fsp3) is 0.341. The molecule has 0 aliphatic heterocycles. The van der Waals surface area contributed by atoms with Gasteiger partial charge in [-0.25, -0.2) is 17.9 Å². The first-order valence-corrected chi connectivity index (χ1v) is 19.4. The van der Waals surface area contributed by atoms with Crippen molar-refractivity contribution >= 4 is 27.6 Å². The average Bonchev–Trinajstić information content (AvgIpc) is 3.63. The summed E-state index contributed by atoms with van der Waals surface area (Å²) in [4.78, 5) is 25.1. The third-order valence-electron chi connectivity index (χ3n) is 8.06. The highest BCUT2D eigenvalue weighted by Crippen LogP contribution is 2.35. The number of ether oxygens (including phenoxy) is 1. The van der Waals surface area contributed by atoms with E-state index in [-0.39, 0.29) is 46.9 Å². The molecule has 1 aromatic heterocycles. The van der Waals surface area contributed by atoms with Crippen molar-refractivity contribution in [2.75, 3.05) is 0 Å². The number of phenols is 1. The van der Waals surface area contributed by atoms with E-state index < -0.39 is 45.4 Å². The van der Waals surface area contributed by atoms with Gasteiger partial charge >= 0.3 is 12.1 Å². The summed E-state index contributed by atoms with van der Waals surface area (Å²) in [6.45, 7) is 20.0. The predicted molar refractivity (Wildman–Crippen MR) is 212 cm³/mol. The lowest BCUT2D eigenvalue weighted by molar-refractivity contribution is -0.141. The summed E-state index contributed by atoms with van der Waals surface area (Å²) in [7, 11) is -4.29. The third-order valence-corrected chi connectivity index (χ3v) is 9.48. The zero-order valence-electron chi connectivity index (χ0n) is 32.7. The van der Waals surface area contributed by atoms with Gasteiger partial charge in [0.1, 0.15) is 16.9 Å². The maximum atomic E-state index is 13.5. The van der Waals surface area contributed by atoms with E-state index in [1.165, 1.54) is 47.2 Å². The summed E-state index contributed by atoms with van der Waals surface area (Å²) in [5.41, 5.74) is -0.0513. The van der Waals surface area contributed by atoms with Crippen LogP contribution in [0.1, 0.15) is 96.2 Å². The second-order valence-electron chi connectivity index (χ2n) is 12.7. The molecule has 0 fully saturated rings. The van der Waals surface area contributed by atoms with Crippen molar-refractivity contribution in [2.24, 2.45) is 10.2 Å². The normalized spacial score (nSPS) is 14.6. The number of carbonyl (C=O) groups excluding carboxylic acids is 2. The van der Waals surface area contributed by atoms with Crippen molar-refractivity contribution < 1.29 is 41.0 Å². The summed E-state index contributed by atoms with van der Waals surface area (Å²) < 4.78 is 75.3. The second kappa shape index (κ2) is 20.9. The van der Waals surface area contributed by atoms with Gasteiger partial charge in [0.25, 0.3) is 10.0 Å². The maximum Gasteiger partial charge on any atom is 0.435 e. The predicted octanol–water partition coefficient (Wildman–Crippen LogP) is 10.7. The van der Waals surface area contributed by atoms with Gasteiger partial charge in [0.05, 0.1) is 28.0 Å². The number of alkyl halides is 3. The molecular formula is C41H50F3N5O6S. The number of esters is 1. The molecule has 0 radical (unpaired) electrons. The quantitative estimate of drug-likeness (QED) is 0.0755. The first-order valence-electron chi connectivity index (χ1n) is 17.9. The Balaban J connectivity index is 0.00000206. The Bertz CT molecular complexity index is 2080. The van der Waals surface area contributed by atoms with Crippen LogP contribution in [0.15, 0.2) is 125 Å². The summed E-state index contributed by atoms with van der Waals surface area (Å²) in [6.07, 6.45) is 2.90. The summed E-state index contributed by atoms with van der Waals surface area (Å²) in [5.74, 6) is -1.80. The van der Waals surface area contributed by atoms with Crippen LogP contribution in [-0.2, 0) is 25.7 Å². The van der Waals surface area contributed by atoms with Crippen LogP contribution in [0.4, 0.5) is 18.9 Å². The first kappa shape index (κ1) is 46.6. The van der Waals surface area contributed by atoms with E-state index in [0.717, 1.165) is 6.07 Å². The molecule has 1 aliphatic carbocycles. The summed E-state index contributed by atoms with van der Waals surface area (Å²) >= 11 is 0. The number of hydrogen-bond acceptors (Lipinski definition) is 9. The molecule has 2 N–H and O–H groups in total. The molecule has 1 aliphatic rings. The summed E-state index contributed by atoms with van der Waals surface area (Å²) in [5, 5.41) is 22.2. The Labute approximate surface area is 327 Å². The van der Waals surface area contributed by atoms with E-state index in [1.807, 2.05) is 32.4 Å². The van der Waals surface area contributed by atoms with Crippen LogP contribution >= 0.6 is 0 Å². The molecule has 11 nitrogen and oxygen atoms in total. The van der Waals surface area contributed by atoms with Crippen LogP contribution in [0, 0.1) is 0 Å². The molecule has 0 saturated carbocycles. The molecule has 0 saturated heterocycles. The lowest BCUT2D eigenvalue weighted by Gasteiger charge is -2.23. The monoisotopic (exact) mass is 797 g/mol. The van der Waals surface area contributed by atoms with E-state index in [9.17, 15) is 36.3 Å². The van der Waals surface area contributed by atoms with Crippen LogP contribution in [0.2, 0.25) is 0 Å². The zero-order valence-corrected chi connectivity index (χ0v) is 33.5. The number of azo groups is 1. The Morgan fingerprint density at radius 1 is 1.09 bits per heavy atom. The third kappa shape index (κ3) is 13.3. The van der Waals surface area contributed by atoms with E-state index in [0.29, 0.717) is 23.3 Å². The van der Waals surface area contributed by atoms with Crippen LogP contribution in [0.3, 0.4) is 0 Å². The molecule has 302 valence electrons. The minimum atomic E-state index is -4.68. The molecule has 15 heteroatoms. The number of nitrogens with zero attached hydrogens (tertiary/aromatic N) is 4. The van der Waals surface area contributed by atoms with Crippen molar-refractivity contribution in [3.8, 4) is 17.0 Å². The van der Waals surface area contributed by atoms with Crippen molar-refractivity contribution in [1.29, 1.82) is 0 Å². The van der Waals surface area contributed by atoms with Gasteiger partial charge in [-0.05, 0) is 94.5 Å². The standard InChI is InChI=1S/C36H38F3N5O6S.C3H6.C2H6/c1-6-29(41-40-25-14-19-31(45)28(21-25)34(47)50-35(4,5)7-2)23(3)13-20-33(46)43-51(48,49)27-17-15-26(16-18-27)44-30(24-11-9-8-10-12-24)22-32(42-44)36(37,38)39;1-3-2;1-2/h6,8-12,14-15,17-19,21-22,26,45H,1,7,13,16,20H2,2-5H3,(H,43,46);3H,1H2,2H3;1-2H3/b29-23-,41-40?;;. The highest BCUT2D eigenvalue weighted by Gasteiger charge is 2.36. The number of benzene rings is 2. The molecule has 1 atom stereocenters. The van der Waals surface area contributed by atoms with Crippen LogP contribution in [0.25, 0.3) is 11.3 Å². The van der Waals surface area contributed by atoms with Crippen LogP contribution in [0.5, 0.6) is 5.75 Å². The Morgan fingerprint density at radius 3 is 2.29 bits per heavy atom. The van der Waals surface area contributed by atoms with Crippen molar-refractivity contribution in [3.63, 3.8) is 0 Å². The lowest BCUT2D eigenvalue weighted by atomic mass is 10.1. The van der Waals surface area contributed by atoms with E-state index in [1.54, 1.807) is 57.2 Å². The Morgan fingerprint density at radius 2 is 1.73 bits per heavy atom. The molecule has 3 aromatic rings. The maximum absolute atomic E-state index is 13.5. The van der Waals surface area contributed by atoms with Crippen molar-refractivity contribution in [1.82, 2.24) is 14.5 Å². The molecule has 1 unspecified atom stereocenters. The number of hydrogen-bond donors (Lipinski definition) is 2. The number of rotatable bonds is 13. The van der Waals surface area contributed by atoms with Gasteiger partial charge in [0, 0.05) is 6.42 Å². The first-order chi connectivity index (χ1) is 26.3. The van der Waals surface area contributed by atoms with E-state index >= 15 is 0 Å². The van der Waals surface area contributed by atoms with Gasteiger partial charge in [-0.1, -0.05) is 75.9 Å². The number of nitrogens with one attached hydrogen (secondary N) is 1. The van der Waals surface area contributed by atoms with Gasteiger partial charge in [-0.2, -0.15) is 28.5 Å². The van der Waals surface area contributed by atoms with Gasteiger partial charge in [-0.15, -0.1) is 6.58 Å². The topological polar surface area (TPSA) is 152 Å². The number of halogens is 3. The van der Waals surface area contributed by atoms with Gasteiger partial charge in [-0.3, -0.25) is 9.48 Å². The minimum Gasteiger partial charge on any atom is -0.507 e. The number of amides is 1. The molecule has 1 amide bonds. The number of allylic oxidation sites excluding steroid dienone is 6. The number of aromatic hydroxyl groups is 1. The number of aromatic nitrogens is 2. The molecule has 4 rings (SSSR count). The van der Waals surface area contributed by atoms with Crippen LogP contribution in [-0.4, -0.2) is 40.8 Å². The van der Waals surface area contributed by atoms with Crippen molar-refractivity contribution in [2.45, 2.75) is 92.0 Å².